The van der Waals surface area contributed by atoms with E-state index in [-0.39, 0.29) is 24.2 Å². The number of ketones is 1. The van der Waals surface area contributed by atoms with Crippen molar-refractivity contribution in [3.63, 3.8) is 0 Å². The lowest BCUT2D eigenvalue weighted by Gasteiger charge is -2.33. The summed E-state index contributed by atoms with van der Waals surface area (Å²) in [6.07, 6.45) is -10.4. The molecule has 0 spiro atoms. The van der Waals surface area contributed by atoms with Gasteiger partial charge in [0.1, 0.15) is 5.75 Å². The van der Waals surface area contributed by atoms with Crippen LogP contribution in [0.2, 0.25) is 0 Å². The maximum Gasteiger partial charge on any atom is 0.425 e. The summed E-state index contributed by atoms with van der Waals surface area (Å²) in [4.78, 5) is 41.3. The molecule has 0 bridgehead atoms. The summed E-state index contributed by atoms with van der Waals surface area (Å²) in [5.41, 5.74) is -6.84. The largest absolute Gasteiger partial charge is 0.497 e. The van der Waals surface area contributed by atoms with Crippen LogP contribution in [0.15, 0.2) is 90.1 Å². The predicted molar refractivity (Wildman–Crippen MR) is 140 cm³/mol. The number of Topliss-reactive ketones (excluding diaryl/α,β-unsaturated/α-hetero) is 1. The van der Waals surface area contributed by atoms with E-state index in [0.717, 1.165) is 24.0 Å². The summed E-state index contributed by atoms with van der Waals surface area (Å²) in [5, 5.41) is 1.63. The SMILES string of the molecule is COc1ccc(CCN2C(=O)C(NC(=O)c3cccc(C(F)(F)F)c3)(C(F)(F)F)C(C(=O)c3ccccc3)=C2C)cc1. The highest BCUT2D eigenvalue weighted by Crippen LogP contribution is 2.46. The zero-order valence-corrected chi connectivity index (χ0v) is 22.3. The number of halogens is 6. The van der Waals surface area contributed by atoms with Crippen LogP contribution in [-0.4, -0.2) is 47.9 Å². The number of methoxy groups -OCH3 is 1. The highest BCUT2D eigenvalue weighted by Gasteiger charge is 2.70. The first-order valence-electron chi connectivity index (χ1n) is 12.5. The maximum absolute atomic E-state index is 15.1. The molecule has 0 radical (unpaired) electrons. The van der Waals surface area contributed by atoms with Crippen molar-refractivity contribution < 1.29 is 45.5 Å². The minimum absolute atomic E-state index is 0.0788. The van der Waals surface area contributed by atoms with Crippen LogP contribution in [-0.2, 0) is 17.4 Å². The van der Waals surface area contributed by atoms with Gasteiger partial charge in [-0.05, 0) is 49.2 Å². The van der Waals surface area contributed by atoms with Crippen LogP contribution in [0.3, 0.4) is 0 Å². The maximum atomic E-state index is 15.1. The Balaban J connectivity index is 1.81. The monoisotopic (exact) mass is 590 g/mol. The van der Waals surface area contributed by atoms with Gasteiger partial charge < -0.3 is 15.0 Å². The Hall–Kier alpha value is -4.61. The summed E-state index contributed by atoms with van der Waals surface area (Å²) in [6.45, 7) is 0.867. The molecule has 3 aromatic carbocycles. The summed E-state index contributed by atoms with van der Waals surface area (Å²) >= 11 is 0. The van der Waals surface area contributed by atoms with Crippen LogP contribution in [0.4, 0.5) is 26.3 Å². The number of ether oxygens (including phenoxy) is 1. The lowest BCUT2D eigenvalue weighted by molar-refractivity contribution is -0.189. The zero-order valence-electron chi connectivity index (χ0n) is 22.3. The van der Waals surface area contributed by atoms with Crippen LogP contribution >= 0.6 is 0 Å². The summed E-state index contributed by atoms with van der Waals surface area (Å²) in [5.74, 6) is -3.90. The molecule has 4 rings (SSSR count). The number of rotatable bonds is 8. The van der Waals surface area contributed by atoms with Gasteiger partial charge >= 0.3 is 12.4 Å². The fourth-order valence-corrected chi connectivity index (χ4v) is 4.77. The molecule has 0 fully saturated rings. The van der Waals surface area contributed by atoms with Gasteiger partial charge in [-0.2, -0.15) is 26.3 Å². The topological polar surface area (TPSA) is 75.7 Å². The van der Waals surface area contributed by atoms with Gasteiger partial charge in [0.05, 0.1) is 18.2 Å². The number of nitrogens with one attached hydrogen (secondary N) is 1. The quantitative estimate of drug-likeness (QED) is 0.259. The molecule has 1 unspecified atom stereocenters. The first kappa shape index (κ1) is 30.4. The second-order valence-corrected chi connectivity index (χ2v) is 9.49. The van der Waals surface area contributed by atoms with Crippen LogP contribution in [0, 0.1) is 0 Å². The number of amides is 2. The van der Waals surface area contributed by atoms with E-state index in [2.05, 4.69) is 0 Å². The van der Waals surface area contributed by atoms with Gasteiger partial charge in [-0.3, -0.25) is 14.4 Å². The minimum Gasteiger partial charge on any atom is -0.497 e. The van der Waals surface area contributed by atoms with E-state index in [1.807, 2.05) is 0 Å². The number of hydrogen-bond acceptors (Lipinski definition) is 4. The number of carbonyl (C=O) groups is 3. The number of alkyl halides is 6. The van der Waals surface area contributed by atoms with Crippen LogP contribution < -0.4 is 10.1 Å². The molecule has 0 saturated heterocycles. The molecule has 0 aliphatic carbocycles. The van der Waals surface area contributed by atoms with Crippen LogP contribution in [0.5, 0.6) is 5.75 Å². The Morgan fingerprint density at radius 1 is 0.881 bits per heavy atom. The van der Waals surface area contributed by atoms with Gasteiger partial charge in [0, 0.05) is 23.4 Å². The number of benzene rings is 3. The van der Waals surface area contributed by atoms with Crippen molar-refractivity contribution in [2.75, 3.05) is 13.7 Å². The van der Waals surface area contributed by atoms with Crippen molar-refractivity contribution in [1.29, 1.82) is 0 Å². The second kappa shape index (κ2) is 11.3. The highest BCUT2D eigenvalue weighted by atomic mass is 19.4. The Kier molecular flexibility index (Phi) is 8.20. The Bertz CT molecular complexity index is 1530. The van der Waals surface area contributed by atoms with E-state index in [1.165, 1.54) is 37.4 Å². The van der Waals surface area contributed by atoms with E-state index >= 15 is 13.2 Å². The molecule has 2 amide bonds. The first-order valence-corrected chi connectivity index (χ1v) is 12.5. The third kappa shape index (κ3) is 5.61. The molecule has 220 valence electrons. The first-order chi connectivity index (χ1) is 19.7. The molecule has 42 heavy (non-hydrogen) atoms. The molecule has 12 heteroatoms. The van der Waals surface area contributed by atoms with Crippen molar-refractivity contribution in [3.05, 3.63) is 112 Å². The molecule has 1 aliphatic rings. The molecule has 1 atom stereocenters. The summed E-state index contributed by atoms with van der Waals surface area (Å²) < 4.78 is 90.1. The highest BCUT2D eigenvalue weighted by molar-refractivity contribution is 6.19. The van der Waals surface area contributed by atoms with E-state index < -0.39 is 52.2 Å². The zero-order chi connectivity index (χ0) is 30.9. The number of nitrogens with zero attached hydrogens (tertiary/aromatic N) is 1. The van der Waals surface area contributed by atoms with Crippen molar-refractivity contribution >= 4 is 17.6 Å². The van der Waals surface area contributed by atoms with Crippen molar-refractivity contribution in [2.24, 2.45) is 0 Å². The molecule has 1 N–H and O–H groups in total. The second-order valence-electron chi connectivity index (χ2n) is 9.49. The normalized spacial score (nSPS) is 17.4. The van der Waals surface area contributed by atoms with Gasteiger partial charge in [-0.1, -0.05) is 48.5 Å². The van der Waals surface area contributed by atoms with E-state index in [4.69, 9.17) is 4.74 Å². The lowest BCUT2D eigenvalue weighted by atomic mass is 9.84. The van der Waals surface area contributed by atoms with Gasteiger partial charge in [0.15, 0.2) is 5.78 Å². The minimum atomic E-state index is -5.56. The molecule has 6 nitrogen and oxygen atoms in total. The van der Waals surface area contributed by atoms with Gasteiger partial charge in [-0.25, -0.2) is 0 Å². The number of hydrogen-bond donors (Lipinski definition) is 1. The van der Waals surface area contributed by atoms with Crippen LogP contribution in [0.25, 0.3) is 0 Å². The van der Waals surface area contributed by atoms with Crippen LogP contribution in [0.1, 0.15) is 38.8 Å². The van der Waals surface area contributed by atoms with Crippen molar-refractivity contribution in [1.82, 2.24) is 10.2 Å². The fraction of sp³-hybridized carbons (Fsp3) is 0.233. The summed E-state index contributed by atoms with van der Waals surface area (Å²) in [6, 6.07) is 16.2. The number of carbonyl (C=O) groups excluding carboxylic acids is 3. The average Bonchev–Trinajstić information content (AvgIpc) is 3.17. The molecule has 0 aromatic heterocycles. The third-order valence-electron chi connectivity index (χ3n) is 6.93. The average molecular weight is 591 g/mol. The Labute approximate surface area is 236 Å². The lowest BCUT2D eigenvalue weighted by Crippen LogP contribution is -2.66. The molecule has 3 aromatic rings. The molecular weight excluding hydrogens is 566 g/mol. The summed E-state index contributed by atoms with van der Waals surface area (Å²) in [7, 11) is 1.46. The van der Waals surface area contributed by atoms with E-state index in [0.29, 0.717) is 23.4 Å². The molecule has 1 aliphatic heterocycles. The molecule has 0 saturated carbocycles. The Morgan fingerprint density at radius 3 is 2.07 bits per heavy atom. The van der Waals surface area contributed by atoms with E-state index in [9.17, 15) is 27.6 Å². The predicted octanol–water partition coefficient (Wildman–Crippen LogP) is 5.99. The smallest absolute Gasteiger partial charge is 0.425 e. The fourth-order valence-electron chi connectivity index (χ4n) is 4.77. The standard InChI is InChI=1S/C30H24F6N2O4/c1-18-24(25(39)20-7-4-3-5-8-20)28(30(34,35)36,37-26(40)21-9-6-10-22(17-21)29(31,32)33)27(41)38(18)16-15-19-11-13-23(42-2)14-12-19/h3-14,17H,15-16H2,1-2H3,(H,37,40). The Morgan fingerprint density at radius 2 is 1.50 bits per heavy atom. The van der Waals surface area contributed by atoms with Gasteiger partial charge in [0.25, 0.3) is 11.8 Å². The molecule has 1 heterocycles. The van der Waals surface area contributed by atoms with E-state index in [1.54, 1.807) is 29.6 Å². The third-order valence-corrected chi connectivity index (χ3v) is 6.93. The van der Waals surface area contributed by atoms with Gasteiger partial charge in [0.2, 0.25) is 5.54 Å². The van der Waals surface area contributed by atoms with Crippen molar-refractivity contribution in [3.8, 4) is 5.75 Å². The van der Waals surface area contributed by atoms with Crippen molar-refractivity contribution in [2.45, 2.75) is 31.2 Å². The van der Waals surface area contributed by atoms with Gasteiger partial charge in [-0.15, -0.1) is 0 Å². The number of allylic oxidation sites excluding steroid dienone is 1. The molecular formula is C30H24F6N2O4.